The summed E-state index contributed by atoms with van der Waals surface area (Å²) in [6.45, 7) is 12.2. The highest BCUT2D eigenvalue weighted by Crippen LogP contribution is 1.90. The molecule has 3 aromatic heterocycles. The van der Waals surface area contributed by atoms with Crippen molar-refractivity contribution >= 4 is 0 Å². The van der Waals surface area contributed by atoms with Crippen LogP contribution < -0.4 is 63.7 Å². The summed E-state index contributed by atoms with van der Waals surface area (Å²) in [6.07, 6.45) is 5.47. The third-order valence-electron chi connectivity index (χ3n) is 3.42. The molecule has 0 radical (unpaired) electrons. The van der Waals surface area contributed by atoms with Gasteiger partial charge in [0.1, 0.15) is 34.2 Å². The Morgan fingerprint density at radius 3 is 0.792 bits per heavy atom. The van der Waals surface area contributed by atoms with Crippen molar-refractivity contribution in [3.05, 3.63) is 53.1 Å². The Kier molecular flexibility index (Phi) is 16.5. The Morgan fingerprint density at radius 2 is 0.750 bits per heavy atom. The molecule has 3 aromatic rings. The van der Waals surface area contributed by atoms with E-state index in [-0.39, 0.29) is 48.8 Å². The van der Waals surface area contributed by atoms with E-state index in [0.717, 1.165) is 0 Å². The molecule has 0 aliphatic rings. The van der Waals surface area contributed by atoms with Crippen molar-refractivity contribution in [3.63, 3.8) is 0 Å². The van der Waals surface area contributed by atoms with Gasteiger partial charge in [-0.2, -0.15) is 0 Å². The van der Waals surface area contributed by atoms with Crippen LogP contribution in [0.25, 0.3) is 0 Å². The second-order valence-electron chi connectivity index (χ2n) is 5.05. The van der Waals surface area contributed by atoms with Crippen LogP contribution in [0.2, 0.25) is 0 Å². The lowest BCUT2D eigenvalue weighted by Gasteiger charge is -1.71. The number of rotatable bonds is 0. The van der Waals surface area contributed by atoms with Gasteiger partial charge in [-0.3, -0.25) is 0 Å². The summed E-state index contributed by atoms with van der Waals surface area (Å²) in [4.78, 5) is 18.1. The second kappa shape index (κ2) is 14.3. The zero-order chi connectivity index (χ0) is 15.8. The summed E-state index contributed by atoms with van der Waals surface area (Å²) in [6, 6.07) is 0. The highest BCUT2D eigenvalue weighted by molar-refractivity contribution is 4.98. The minimum atomic E-state index is 0. The van der Waals surface area contributed by atoms with Gasteiger partial charge < -0.3 is 48.8 Å². The topological polar surface area (TPSA) is 89.8 Å². The fourth-order valence-corrected chi connectivity index (χ4v) is 1.41. The molecular formula is C15H27Cl2IN6. The first kappa shape index (κ1) is 27.8. The summed E-state index contributed by atoms with van der Waals surface area (Å²) < 4.78 is 0. The maximum Gasteiger partial charge on any atom is 0.239 e. The Morgan fingerprint density at radius 1 is 0.542 bits per heavy atom. The predicted octanol–water partition coefficient (Wildman–Crippen LogP) is -7.65. The van der Waals surface area contributed by atoms with Gasteiger partial charge >= 0.3 is 0 Å². The SMILES string of the molecule is Cc1[nH]c[nH+]c1C.Cc1[nH]c[nH+]c1C.Cc1[nH]c[nH+]c1C.[Cl-].[Cl-].[I-]. The summed E-state index contributed by atoms with van der Waals surface area (Å²) >= 11 is 0. The van der Waals surface area contributed by atoms with E-state index in [2.05, 4.69) is 29.9 Å². The lowest BCUT2D eigenvalue weighted by molar-refractivity contribution is -0.385. The first-order valence-electron chi connectivity index (χ1n) is 6.98. The second-order valence-corrected chi connectivity index (χ2v) is 5.05. The van der Waals surface area contributed by atoms with Gasteiger partial charge in [-0.05, 0) is 0 Å². The van der Waals surface area contributed by atoms with E-state index in [1.54, 1.807) is 0 Å². The minimum absolute atomic E-state index is 0. The van der Waals surface area contributed by atoms with Crippen molar-refractivity contribution in [2.45, 2.75) is 41.5 Å². The van der Waals surface area contributed by atoms with Crippen molar-refractivity contribution in [2.75, 3.05) is 0 Å². The first-order valence-corrected chi connectivity index (χ1v) is 6.98. The highest BCUT2D eigenvalue weighted by atomic mass is 127. The van der Waals surface area contributed by atoms with Gasteiger partial charge in [0.15, 0.2) is 0 Å². The van der Waals surface area contributed by atoms with E-state index in [4.69, 9.17) is 0 Å². The fraction of sp³-hybridized carbons (Fsp3) is 0.400. The Labute approximate surface area is 172 Å². The van der Waals surface area contributed by atoms with E-state index in [0.29, 0.717) is 0 Å². The monoisotopic (exact) mass is 488 g/mol. The molecule has 9 heteroatoms. The van der Waals surface area contributed by atoms with Crippen molar-refractivity contribution in [2.24, 2.45) is 0 Å². The van der Waals surface area contributed by atoms with Crippen molar-refractivity contribution < 1.29 is 63.7 Å². The molecule has 0 aliphatic heterocycles. The molecule has 3 heterocycles. The number of aromatic amines is 6. The molecule has 0 saturated heterocycles. The van der Waals surface area contributed by atoms with Crippen molar-refractivity contribution in [3.8, 4) is 0 Å². The number of aryl methyl sites for hydroxylation is 6. The number of H-pyrrole nitrogens is 6. The maximum absolute atomic E-state index is 3.01. The molecule has 0 saturated carbocycles. The minimum Gasteiger partial charge on any atom is -1.00 e. The van der Waals surface area contributed by atoms with Gasteiger partial charge in [0.25, 0.3) is 0 Å². The van der Waals surface area contributed by atoms with Gasteiger partial charge in [-0.25, -0.2) is 29.9 Å². The predicted molar refractivity (Wildman–Crippen MR) is 80.5 cm³/mol. The molecule has 0 unspecified atom stereocenters. The fourth-order valence-electron chi connectivity index (χ4n) is 1.41. The lowest BCUT2D eigenvalue weighted by Crippen LogP contribution is -3.00. The van der Waals surface area contributed by atoms with Gasteiger partial charge in [0, 0.05) is 41.5 Å². The normalized spacial score (nSPS) is 8.25. The van der Waals surface area contributed by atoms with Crippen LogP contribution in [0.1, 0.15) is 34.2 Å². The molecule has 0 fully saturated rings. The number of nitrogens with one attached hydrogen (secondary N) is 6. The van der Waals surface area contributed by atoms with E-state index in [1.165, 1.54) is 34.2 Å². The van der Waals surface area contributed by atoms with Crippen LogP contribution in [0.3, 0.4) is 0 Å². The zero-order valence-corrected chi connectivity index (χ0v) is 18.5. The van der Waals surface area contributed by atoms with Crippen LogP contribution in [0.4, 0.5) is 0 Å². The molecule has 6 nitrogen and oxygen atoms in total. The summed E-state index contributed by atoms with van der Waals surface area (Å²) in [5.41, 5.74) is 7.25. The molecule has 0 spiro atoms. The molecule has 0 aromatic carbocycles. The smallest absolute Gasteiger partial charge is 0.239 e. The molecule has 0 bridgehead atoms. The molecular weight excluding hydrogens is 462 g/mol. The standard InChI is InChI=1S/3C5H8N2.2ClH.HI/c3*1-4-5(2)7-3-6-4;;;/h3*3H,1-2H3,(H,6,7);3*1H. The molecule has 6 N–H and O–H groups in total. The summed E-state index contributed by atoms with van der Waals surface area (Å²) in [7, 11) is 0. The number of hydrogen-bond donors (Lipinski definition) is 3. The van der Waals surface area contributed by atoms with Crippen molar-refractivity contribution in [1.29, 1.82) is 0 Å². The Hall–Kier alpha value is -1.06. The molecule has 0 aliphatic carbocycles. The van der Waals surface area contributed by atoms with Crippen LogP contribution in [-0.2, 0) is 0 Å². The van der Waals surface area contributed by atoms with Gasteiger partial charge in [0.05, 0.1) is 0 Å². The van der Waals surface area contributed by atoms with Crippen LogP contribution in [0.5, 0.6) is 0 Å². The third-order valence-corrected chi connectivity index (χ3v) is 3.42. The number of hydrogen-bond acceptors (Lipinski definition) is 0. The van der Waals surface area contributed by atoms with E-state index in [9.17, 15) is 0 Å². The quantitative estimate of drug-likeness (QED) is 0.262. The molecule has 24 heavy (non-hydrogen) atoms. The van der Waals surface area contributed by atoms with Gasteiger partial charge in [-0.1, -0.05) is 0 Å². The van der Waals surface area contributed by atoms with Crippen molar-refractivity contribution in [1.82, 2.24) is 15.0 Å². The molecule has 0 amide bonds. The number of halogens is 3. The van der Waals surface area contributed by atoms with E-state index >= 15 is 0 Å². The molecule has 138 valence electrons. The number of aromatic nitrogens is 6. The van der Waals surface area contributed by atoms with Crippen LogP contribution >= 0.6 is 0 Å². The molecule has 0 atom stereocenters. The lowest BCUT2D eigenvalue weighted by atomic mass is 10.4. The number of imidazole rings is 3. The average molecular weight is 489 g/mol. The van der Waals surface area contributed by atoms with E-state index in [1.807, 2.05) is 60.5 Å². The molecule has 3 rings (SSSR count). The largest absolute Gasteiger partial charge is 1.00 e. The first-order chi connectivity index (χ1) is 9.91. The van der Waals surface area contributed by atoms with Gasteiger partial charge in [-0.15, -0.1) is 0 Å². The maximum atomic E-state index is 3.01. The Balaban J connectivity index is -0.000000259. The highest BCUT2D eigenvalue weighted by Gasteiger charge is 1.96. The van der Waals surface area contributed by atoms with Gasteiger partial charge in [0.2, 0.25) is 19.0 Å². The zero-order valence-electron chi connectivity index (χ0n) is 14.9. The summed E-state index contributed by atoms with van der Waals surface area (Å²) in [5, 5.41) is 0. The average Bonchev–Trinajstić information content (AvgIpc) is 3.11. The van der Waals surface area contributed by atoms with E-state index < -0.39 is 0 Å². The Bertz CT molecular complexity index is 522. The van der Waals surface area contributed by atoms with Crippen LogP contribution in [-0.4, -0.2) is 15.0 Å². The third kappa shape index (κ3) is 9.94. The summed E-state index contributed by atoms with van der Waals surface area (Å²) in [5.74, 6) is 0. The van der Waals surface area contributed by atoms with Crippen LogP contribution in [0, 0.1) is 41.5 Å². The van der Waals surface area contributed by atoms with Crippen LogP contribution in [0.15, 0.2) is 19.0 Å².